The van der Waals surface area contributed by atoms with Gasteiger partial charge in [-0.15, -0.1) is 0 Å². The highest BCUT2D eigenvalue weighted by Gasteiger charge is 2.11. The van der Waals surface area contributed by atoms with Crippen molar-refractivity contribution in [1.82, 2.24) is 0 Å². The van der Waals surface area contributed by atoms with Crippen LogP contribution in [0.1, 0.15) is 36.5 Å². The van der Waals surface area contributed by atoms with Gasteiger partial charge in [-0.1, -0.05) is 49.7 Å². The molecular weight excluding hydrogens is 310 g/mol. The highest BCUT2D eigenvalue weighted by Crippen LogP contribution is 2.27. The molecular formula is C21H23N3O. The second-order valence-corrected chi connectivity index (χ2v) is 6.33. The Morgan fingerprint density at radius 2 is 1.80 bits per heavy atom. The van der Waals surface area contributed by atoms with E-state index in [9.17, 15) is 10.1 Å². The smallest absolute Gasteiger partial charge is 0.267 e. The van der Waals surface area contributed by atoms with Crippen LogP contribution in [-0.4, -0.2) is 5.91 Å². The summed E-state index contributed by atoms with van der Waals surface area (Å²) in [4.78, 5) is 12.3. The number of amides is 1. The van der Waals surface area contributed by atoms with Gasteiger partial charge in [-0.25, -0.2) is 0 Å². The number of benzene rings is 2. The minimum absolute atomic E-state index is 0.0264. The average Bonchev–Trinajstić information content (AvgIpc) is 2.58. The van der Waals surface area contributed by atoms with Crippen LogP contribution in [0, 0.1) is 25.2 Å². The van der Waals surface area contributed by atoms with Gasteiger partial charge in [0.2, 0.25) is 0 Å². The molecule has 2 N–H and O–H groups in total. The maximum Gasteiger partial charge on any atom is 0.267 e. The molecule has 2 rings (SSSR count). The van der Waals surface area contributed by atoms with Crippen LogP contribution < -0.4 is 10.6 Å². The fourth-order valence-electron chi connectivity index (χ4n) is 2.50. The molecule has 2 aromatic carbocycles. The lowest BCUT2D eigenvalue weighted by molar-refractivity contribution is -0.112. The van der Waals surface area contributed by atoms with E-state index < -0.39 is 5.91 Å². The number of nitrogens with zero attached hydrogens (tertiary/aromatic N) is 1. The Hall–Kier alpha value is -3.06. The van der Waals surface area contributed by atoms with Gasteiger partial charge >= 0.3 is 0 Å². The Bertz CT molecular complexity index is 827. The molecule has 0 spiro atoms. The maximum atomic E-state index is 12.3. The molecule has 1 amide bonds. The van der Waals surface area contributed by atoms with Gasteiger partial charge in [-0.2, -0.15) is 5.26 Å². The lowest BCUT2D eigenvalue weighted by atomic mass is 9.98. The van der Waals surface area contributed by atoms with Crippen molar-refractivity contribution in [3.8, 4) is 6.07 Å². The van der Waals surface area contributed by atoms with Crippen molar-refractivity contribution in [3.63, 3.8) is 0 Å². The lowest BCUT2D eigenvalue weighted by Crippen LogP contribution is -2.14. The molecule has 0 aliphatic carbocycles. The minimum Gasteiger partial charge on any atom is -0.360 e. The molecule has 4 nitrogen and oxygen atoms in total. The Morgan fingerprint density at radius 1 is 1.12 bits per heavy atom. The molecule has 25 heavy (non-hydrogen) atoms. The van der Waals surface area contributed by atoms with Gasteiger partial charge in [0.15, 0.2) is 0 Å². The largest absolute Gasteiger partial charge is 0.360 e. The van der Waals surface area contributed by atoms with E-state index in [1.54, 1.807) is 0 Å². The maximum absolute atomic E-state index is 12.3. The van der Waals surface area contributed by atoms with Crippen LogP contribution in [0.2, 0.25) is 0 Å². The van der Waals surface area contributed by atoms with Gasteiger partial charge in [-0.05, 0) is 43.0 Å². The first-order chi connectivity index (χ1) is 11.9. The van der Waals surface area contributed by atoms with E-state index in [4.69, 9.17) is 0 Å². The summed E-state index contributed by atoms with van der Waals surface area (Å²) < 4.78 is 0. The number of para-hydroxylation sites is 1. The van der Waals surface area contributed by atoms with E-state index in [0.717, 1.165) is 22.4 Å². The van der Waals surface area contributed by atoms with Crippen molar-refractivity contribution >= 4 is 17.3 Å². The standard InChI is InChI=1S/C21H23N3O/c1-14(2)19-7-5-6-16(4)20(19)23-13-17(12-22)21(25)24-18-10-8-15(3)9-11-18/h5-11,13-14,23H,1-4H3,(H,24,25)/b17-13-. The van der Waals surface area contributed by atoms with Crippen LogP contribution in [0.4, 0.5) is 11.4 Å². The highest BCUT2D eigenvalue weighted by atomic mass is 16.1. The predicted molar refractivity (Wildman–Crippen MR) is 102 cm³/mol. The minimum atomic E-state index is -0.432. The number of carbonyl (C=O) groups excluding carboxylic acids is 1. The topological polar surface area (TPSA) is 64.9 Å². The van der Waals surface area contributed by atoms with Gasteiger partial charge in [-0.3, -0.25) is 4.79 Å². The molecule has 0 radical (unpaired) electrons. The molecule has 0 saturated heterocycles. The van der Waals surface area contributed by atoms with Crippen LogP contribution in [0.3, 0.4) is 0 Å². The molecule has 128 valence electrons. The third kappa shape index (κ3) is 4.71. The van der Waals surface area contributed by atoms with Crippen molar-refractivity contribution in [2.45, 2.75) is 33.6 Å². The molecule has 0 aliphatic rings. The number of aryl methyl sites for hydroxylation is 2. The predicted octanol–water partition coefficient (Wildman–Crippen LogP) is 4.88. The number of hydrogen-bond acceptors (Lipinski definition) is 3. The Morgan fingerprint density at radius 3 is 2.40 bits per heavy atom. The first kappa shape index (κ1) is 18.3. The number of carbonyl (C=O) groups is 1. The van der Waals surface area contributed by atoms with Gasteiger partial charge in [0.25, 0.3) is 5.91 Å². The molecule has 0 fully saturated rings. The van der Waals surface area contributed by atoms with Crippen LogP contribution in [-0.2, 0) is 4.79 Å². The molecule has 0 saturated carbocycles. The molecule has 0 aromatic heterocycles. The number of nitriles is 1. The zero-order valence-electron chi connectivity index (χ0n) is 15.1. The summed E-state index contributed by atoms with van der Waals surface area (Å²) in [5.74, 6) is -0.0961. The summed E-state index contributed by atoms with van der Waals surface area (Å²) >= 11 is 0. The second-order valence-electron chi connectivity index (χ2n) is 6.33. The van der Waals surface area contributed by atoms with Crippen LogP contribution in [0.15, 0.2) is 54.2 Å². The van der Waals surface area contributed by atoms with Gasteiger partial charge < -0.3 is 10.6 Å². The van der Waals surface area contributed by atoms with Crippen molar-refractivity contribution in [1.29, 1.82) is 5.26 Å². The van der Waals surface area contributed by atoms with Gasteiger partial charge in [0, 0.05) is 17.6 Å². The van der Waals surface area contributed by atoms with Gasteiger partial charge in [0.1, 0.15) is 11.6 Å². The molecule has 0 aliphatic heterocycles. The monoisotopic (exact) mass is 333 g/mol. The van der Waals surface area contributed by atoms with Gasteiger partial charge in [0.05, 0.1) is 0 Å². The van der Waals surface area contributed by atoms with E-state index in [-0.39, 0.29) is 5.57 Å². The SMILES string of the molecule is Cc1ccc(NC(=O)/C(C#N)=C\Nc2c(C)cccc2C(C)C)cc1. The highest BCUT2D eigenvalue weighted by molar-refractivity contribution is 6.06. The number of hydrogen-bond donors (Lipinski definition) is 2. The molecule has 2 aromatic rings. The quantitative estimate of drug-likeness (QED) is 0.605. The van der Waals surface area contributed by atoms with E-state index in [1.807, 2.05) is 62.4 Å². The van der Waals surface area contributed by atoms with E-state index in [2.05, 4.69) is 24.5 Å². The zero-order valence-corrected chi connectivity index (χ0v) is 15.1. The summed E-state index contributed by atoms with van der Waals surface area (Å²) in [6.45, 7) is 8.20. The first-order valence-electron chi connectivity index (χ1n) is 8.26. The third-order valence-corrected chi connectivity index (χ3v) is 3.96. The van der Waals surface area contributed by atoms with Crippen LogP contribution in [0.25, 0.3) is 0 Å². The van der Waals surface area contributed by atoms with E-state index >= 15 is 0 Å². The summed E-state index contributed by atoms with van der Waals surface area (Å²) in [5.41, 5.74) is 4.95. The zero-order chi connectivity index (χ0) is 18.4. The average molecular weight is 333 g/mol. The molecule has 0 unspecified atom stereocenters. The summed E-state index contributed by atoms with van der Waals surface area (Å²) in [5, 5.41) is 15.2. The summed E-state index contributed by atoms with van der Waals surface area (Å²) in [6, 6.07) is 15.5. The van der Waals surface area contributed by atoms with Crippen LogP contribution in [0.5, 0.6) is 0 Å². The molecule has 0 heterocycles. The summed E-state index contributed by atoms with van der Waals surface area (Å²) in [6.07, 6.45) is 1.47. The fraction of sp³-hybridized carbons (Fsp3) is 0.238. The Labute approximate surface area is 149 Å². The Kier molecular flexibility index (Phi) is 5.97. The first-order valence-corrected chi connectivity index (χ1v) is 8.26. The fourth-order valence-corrected chi connectivity index (χ4v) is 2.50. The van der Waals surface area contributed by atoms with Crippen molar-refractivity contribution < 1.29 is 4.79 Å². The third-order valence-electron chi connectivity index (χ3n) is 3.96. The van der Waals surface area contributed by atoms with Crippen LogP contribution >= 0.6 is 0 Å². The summed E-state index contributed by atoms with van der Waals surface area (Å²) in [7, 11) is 0. The van der Waals surface area contributed by atoms with Crippen molar-refractivity contribution in [2.24, 2.45) is 0 Å². The normalized spacial score (nSPS) is 11.1. The number of nitrogens with one attached hydrogen (secondary N) is 2. The number of anilines is 2. The van der Waals surface area contributed by atoms with Crippen molar-refractivity contribution in [2.75, 3.05) is 10.6 Å². The van der Waals surface area contributed by atoms with E-state index in [1.165, 1.54) is 6.20 Å². The lowest BCUT2D eigenvalue weighted by Gasteiger charge is -2.15. The Balaban J connectivity index is 2.19. The molecule has 0 atom stereocenters. The second kappa shape index (κ2) is 8.16. The molecule has 4 heteroatoms. The molecule has 0 bridgehead atoms. The number of rotatable bonds is 5. The van der Waals surface area contributed by atoms with E-state index in [0.29, 0.717) is 11.6 Å². The van der Waals surface area contributed by atoms with Crippen molar-refractivity contribution in [3.05, 3.63) is 70.9 Å².